The number of nitrogens with zero attached hydrogens (tertiary/aromatic N) is 5. The van der Waals surface area contributed by atoms with E-state index >= 15 is 0 Å². The first-order valence-electron chi connectivity index (χ1n) is 11.2. The molecule has 1 fully saturated rings. The quantitative estimate of drug-likeness (QED) is 0.314. The highest BCUT2D eigenvalue weighted by molar-refractivity contribution is 5.98. The SMILES string of the molecule is C=C(F)C(=O)N1CCCC1.C=C/C(=C\C=C/C)Oc1ccc(-c2nn(C)c3ncnc(N)c23)cc1. The number of likely N-dealkylation sites (tertiary alicyclic amines) is 1. The molecule has 0 saturated carbocycles. The highest BCUT2D eigenvalue weighted by Gasteiger charge is 2.19. The van der Waals surface area contributed by atoms with Crippen LogP contribution in [0.2, 0.25) is 0 Å². The number of nitrogen functional groups attached to an aromatic ring is 1. The molecular formula is C26H29FN6O2. The van der Waals surface area contributed by atoms with E-state index in [0.29, 0.717) is 36.1 Å². The van der Waals surface area contributed by atoms with Crippen molar-refractivity contribution in [3.05, 3.63) is 79.6 Å². The number of aryl methyl sites for hydroxylation is 1. The number of nitrogens with two attached hydrogens (primary N) is 1. The number of rotatable bonds is 6. The van der Waals surface area contributed by atoms with Gasteiger partial charge in [0.25, 0.3) is 5.91 Å². The molecule has 35 heavy (non-hydrogen) atoms. The van der Waals surface area contributed by atoms with Crippen molar-refractivity contribution in [3.8, 4) is 17.0 Å². The molecule has 182 valence electrons. The molecule has 2 N–H and O–H groups in total. The van der Waals surface area contributed by atoms with E-state index in [1.54, 1.807) is 10.8 Å². The fourth-order valence-electron chi connectivity index (χ4n) is 3.55. The van der Waals surface area contributed by atoms with E-state index in [2.05, 4.69) is 28.2 Å². The molecule has 0 spiro atoms. The first kappa shape index (κ1) is 25.4. The second-order valence-electron chi connectivity index (χ2n) is 7.76. The van der Waals surface area contributed by atoms with Gasteiger partial charge >= 0.3 is 0 Å². The number of hydrogen-bond acceptors (Lipinski definition) is 6. The lowest BCUT2D eigenvalue weighted by atomic mass is 10.1. The predicted octanol–water partition coefficient (Wildman–Crippen LogP) is 4.73. The topological polar surface area (TPSA) is 99.2 Å². The van der Waals surface area contributed by atoms with Crippen molar-refractivity contribution < 1.29 is 13.9 Å². The lowest BCUT2D eigenvalue weighted by Gasteiger charge is -2.12. The number of amides is 1. The maximum atomic E-state index is 12.2. The molecular weight excluding hydrogens is 447 g/mol. The maximum Gasteiger partial charge on any atom is 0.281 e. The van der Waals surface area contributed by atoms with Gasteiger partial charge in [-0.3, -0.25) is 4.79 Å². The van der Waals surface area contributed by atoms with Gasteiger partial charge in [-0.05, 0) is 56.2 Å². The number of fused-ring (bicyclic) bond motifs is 1. The molecule has 1 aliphatic heterocycles. The van der Waals surface area contributed by atoms with Gasteiger partial charge < -0.3 is 15.4 Å². The zero-order valence-corrected chi connectivity index (χ0v) is 19.9. The van der Waals surface area contributed by atoms with Crippen molar-refractivity contribution in [3.63, 3.8) is 0 Å². The van der Waals surface area contributed by atoms with Crippen molar-refractivity contribution in [2.75, 3.05) is 18.8 Å². The minimum absolute atomic E-state index is 0.414. The van der Waals surface area contributed by atoms with Gasteiger partial charge in [-0.2, -0.15) is 5.10 Å². The third-order valence-electron chi connectivity index (χ3n) is 5.29. The zero-order chi connectivity index (χ0) is 25.4. The lowest BCUT2D eigenvalue weighted by molar-refractivity contribution is -0.127. The number of allylic oxidation sites excluding steroid dienone is 4. The third-order valence-corrected chi connectivity index (χ3v) is 5.29. The van der Waals surface area contributed by atoms with E-state index in [4.69, 9.17) is 10.5 Å². The molecule has 1 aromatic carbocycles. The summed E-state index contributed by atoms with van der Waals surface area (Å²) in [6.45, 7) is 10.0. The van der Waals surface area contributed by atoms with Crippen LogP contribution in [-0.2, 0) is 11.8 Å². The first-order valence-corrected chi connectivity index (χ1v) is 11.2. The van der Waals surface area contributed by atoms with Crippen molar-refractivity contribution in [1.82, 2.24) is 24.6 Å². The Labute approximate surface area is 203 Å². The number of aromatic nitrogens is 4. The Morgan fingerprint density at radius 2 is 1.89 bits per heavy atom. The lowest BCUT2D eigenvalue weighted by Crippen LogP contribution is -2.27. The largest absolute Gasteiger partial charge is 0.457 e. The standard InChI is InChI=1S/C19H19N5O.C7H10FNO/c1-4-6-7-14(5-2)25-15-10-8-13(9-11-15)17-16-18(20)21-12-22-19(16)24(3)23-17;1-6(8)7(10)9-4-2-3-5-9/h4-12H,2H2,1,3H3,(H2,20,21,22);1-5H2/b6-4-,14-7+;. The molecule has 1 aliphatic rings. The van der Waals surface area contributed by atoms with Crippen molar-refractivity contribution in [1.29, 1.82) is 0 Å². The van der Waals surface area contributed by atoms with E-state index in [9.17, 15) is 9.18 Å². The van der Waals surface area contributed by atoms with Gasteiger partial charge in [0.05, 0.1) is 5.39 Å². The fourth-order valence-corrected chi connectivity index (χ4v) is 3.55. The molecule has 3 aromatic rings. The number of benzene rings is 1. The van der Waals surface area contributed by atoms with Crippen molar-refractivity contribution in [2.45, 2.75) is 19.8 Å². The molecule has 2 aromatic heterocycles. The summed E-state index contributed by atoms with van der Waals surface area (Å²) < 4.78 is 19.6. The summed E-state index contributed by atoms with van der Waals surface area (Å²) in [6.07, 6.45) is 10.7. The second-order valence-corrected chi connectivity index (χ2v) is 7.76. The van der Waals surface area contributed by atoms with Gasteiger partial charge in [-0.15, -0.1) is 0 Å². The number of halogens is 1. The van der Waals surface area contributed by atoms with Crippen LogP contribution in [0.1, 0.15) is 19.8 Å². The molecule has 8 nitrogen and oxygen atoms in total. The second kappa shape index (κ2) is 11.7. The minimum atomic E-state index is -0.845. The van der Waals surface area contributed by atoms with E-state index in [1.807, 2.05) is 56.5 Å². The van der Waals surface area contributed by atoms with Crippen LogP contribution in [-0.4, -0.2) is 43.6 Å². The van der Waals surface area contributed by atoms with E-state index < -0.39 is 11.7 Å². The van der Waals surface area contributed by atoms with E-state index in [0.717, 1.165) is 29.5 Å². The molecule has 0 aliphatic carbocycles. The summed E-state index contributed by atoms with van der Waals surface area (Å²) in [4.78, 5) is 20.6. The van der Waals surface area contributed by atoms with Gasteiger partial charge in [-0.1, -0.05) is 25.3 Å². The van der Waals surface area contributed by atoms with Gasteiger partial charge in [-0.25, -0.2) is 19.0 Å². The van der Waals surface area contributed by atoms with Crippen LogP contribution in [0.15, 0.2) is 79.6 Å². The number of carbonyl (C=O) groups excluding carboxylic acids is 1. The third kappa shape index (κ3) is 6.20. The average Bonchev–Trinajstić information content (AvgIpc) is 3.51. The Bertz CT molecular complexity index is 1270. The molecule has 1 saturated heterocycles. The molecule has 3 heterocycles. The normalized spacial score (nSPS) is 13.6. The smallest absolute Gasteiger partial charge is 0.281 e. The van der Waals surface area contributed by atoms with Gasteiger partial charge in [0.15, 0.2) is 11.5 Å². The minimum Gasteiger partial charge on any atom is -0.457 e. The molecule has 9 heteroatoms. The molecule has 4 rings (SSSR count). The summed E-state index contributed by atoms with van der Waals surface area (Å²) in [6, 6.07) is 7.62. The summed E-state index contributed by atoms with van der Waals surface area (Å²) in [7, 11) is 1.83. The van der Waals surface area contributed by atoms with Crippen LogP contribution in [0, 0.1) is 0 Å². The van der Waals surface area contributed by atoms with Gasteiger partial charge in [0.1, 0.15) is 29.3 Å². The van der Waals surface area contributed by atoms with E-state index in [-0.39, 0.29) is 0 Å². The molecule has 0 atom stereocenters. The van der Waals surface area contributed by atoms with Gasteiger partial charge in [0.2, 0.25) is 0 Å². The summed E-state index contributed by atoms with van der Waals surface area (Å²) in [5.74, 6) is 0.409. The summed E-state index contributed by atoms with van der Waals surface area (Å²) >= 11 is 0. The van der Waals surface area contributed by atoms with Gasteiger partial charge in [0, 0.05) is 25.7 Å². The Morgan fingerprint density at radius 3 is 2.49 bits per heavy atom. The molecule has 0 radical (unpaired) electrons. The zero-order valence-electron chi connectivity index (χ0n) is 19.9. The Hall–Kier alpha value is -4.27. The summed E-state index contributed by atoms with van der Waals surface area (Å²) in [5, 5.41) is 5.27. The fraction of sp³-hybridized carbons (Fsp3) is 0.231. The van der Waals surface area contributed by atoms with E-state index in [1.165, 1.54) is 11.2 Å². The first-order chi connectivity index (χ1) is 16.8. The Morgan fingerprint density at radius 1 is 1.20 bits per heavy atom. The monoisotopic (exact) mass is 476 g/mol. The van der Waals surface area contributed by atoms with Crippen molar-refractivity contribution >= 4 is 22.8 Å². The Kier molecular flexibility index (Phi) is 8.50. The highest BCUT2D eigenvalue weighted by Crippen LogP contribution is 2.30. The average molecular weight is 477 g/mol. The van der Waals surface area contributed by atoms with Crippen LogP contribution in [0.5, 0.6) is 5.75 Å². The van der Waals surface area contributed by atoms with Crippen LogP contribution in [0.4, 0.5) is 10.2 Å². The maximum absolute atomic E-state index is 12.2. The molecule has 0 unspecified atom stereocenters. The molecule has 1 amide bonds. The number of hydrogen-bond donors (Lipinski definition) is 1. The number of anilines is 1. The van der Waals surface area contributed by atoms with Crippen molar-refractivity contribution in [2.24, 2.45) is 7.05 Å². The van der Waals surface area contributed by atoms with Crippen LogP contribution in [0.25, 0.3) is 22.3 Å². The predicted molar refractivity (Wildman–Crippen MR) is 136 cm³/mol. The number of carbonyl (C=O) groups is 1. The van der Waals surface area contributed by atoms with Crippen LogP contribution < -0.4 is 10.5 Å². The Balaban J connectivity index is 0.000000287. The number of ether oxygens (including phenoxy) is 1. The highest BCUT2D eigenvalue weighted by atomic mass is 19.1. The van der Waals surface area contributed by atoms with Crippen LogP contribution >= 0.6 is 0 Å². The molecule has 0 bridgehead atoms. The summed E-state index contributed by atoms with van der Waals surface area (Å²) in [5.41, 5.74) is 8.37. The van der Waals surface area contributed by atoms with Crippen LogP contribution in [0.3, 0.4) is 0 Å².